The zero-order chi connectivity index (χ0) is 18.2. The van der Waals surface area contributed by atoms with E-state index in [0.717, 1.165) is 16.9 Å². The van der Waals surface area contributed by atoms with E-state index in [0.29, 0.717) is 12.3 Å². The maximum Gasteiger partial charge on any atom is 0.226 e. The van der Waals surface area contributed by atoms with Gasteiger partial charge in [0.1, 0.15) is 5.75 Å². The van der Waals surface area contributed by atoms with E-state index in [9.17, 15) is 9.59 Å². The maximum atomic E-state index is 12.4. The van der Waals surface area contributed by atoms with Crippen molar-refractivity contribution < 1.29 is 14.3 Å². The summed E-state index contributed by atoms with van der Waals surface area (Å²) in [5.74, 6) is 0.430. The highest BCUT2D eigenvalue weighted by molar-refractivity contribution is 5.91. The van der Waals surface area contributed by atoms with Crippen molar-refractivity contribution >= 4 is 17.5 Å². The van der Waals surface area contributed by atoms with Gasteiger partial charge in [-0.25, -0.2) is 0 Å². The van der Waals surface area contributed by atoms with Crippen molar-refractivity contribution in [3.05, 3.63) is 59.7 Å². The number of hydrogen-bond donors (Lipinski definition) is 2. The number of hydrogen-bond acceptors (Lipinski definition) is 3. The number of anilines is 1. The topological polar surface area (TPSA) is 67.4 Å². The molecule has 5 heteroatoms. The Bertz CT molecular complexity index is 709. The first-order chi connectivity index (χ1) is 12.0. The van der Waals surface area contributed by atoms with E-state index >= 15 is 0 Å². The Balaban J connectivity index is 2.03. The first-order valence-electron chi connectivity index (χ1n) is 8.34. The zero-order valence-corrected chi connectivity index (χ0v) is 14.8. The van der Waals surface area contributed by atoms with E-state index < -0.39 is 0 Å². The lowest BCUT2D eigenvalue weighted by Gasteiger charge is -2.18. The number of aryl methyl sites for hydroxylation is 1. The minimum absolute atomic E-state index is 0.163. The molecule has 0 aliphatic rings. The fourth-order valence-corrected chi connectivity index (χ4v) is 2.49. The molecule has 2 N–H and O–H groups in total. The lowest BCUT2D eigenvalue weighted by atomic mass is 10.0. The maximum absolute atomic E-state index is 12.4. The summed E-state index contributed by atoms with van der Waals surface area (Å²) in [7, 11) is 0. The average molecular weight is 340 g/mol. The molecule has 132 valence electrons. The molecule has 0 saturated heterocycles. The second-order valence-corrected chi connectivity index (χ2v) is 5.87. The highest BCUT2D eigenvalue weighted by Gasteiger charge is 2.17. The number of carbonyl (C=O) groups excluding carboxylic acids is 2. The molecular formula is C20H24N2O3. The fourth-order valence-electron chi connectivity index (χ4n) is 2.49. The van der Waals surface area contributed by atoms with Crippen LogP contribution in [-0.2, 0) is 9.59 Å². The van der Waals surface area contributed by atoms with Crippen molar-refractivity contribution in [1.29, 1.82) is 0 Å². The van der Waals surface area contributed by atoms with Gasteiger partial charge in [-0.15, -0.1) is 0 Å². The summed E-state index contributed by atoms with van der Waals surface area (Å²) < 4.78 is 5.38. The van der Waals surface area contributed by atoms with Gasteiger partial charge in [0.2, 0.25) is 11.8 Å². The molecule has 1 unspecified atom stereocenters. The molecule has 2 aromatic carbocycles. The third kappa shape index (κ3) is 5.95. The van der Waals surface area contributed by atoms with Gasteiger partial charge >= 0.3 is 0 Å². The molecule has 0 saturated carbocycles. The molecule has 0 fully saturated rings. The van der Waals surface area contributed by atoms with Crippen LogP contribution in [0.2, 0.25) is 0 Å². The normalized spacial score (nSPS) is 11.5. The Morgan fingerprint density at radius 2 is 1.68 bits per heavy atom. The van der Waals surface area contributed by atoms with E-state index in [1.807, 2.05) is 50.2 Å². The molecule has 0 bridgehead atoms. The van der Waals surface area contributed by atoms with Crippen LogP contribution in [0.4, 0.5) is 5.69 Å². The first kappa shape index (κ1) is 18.5. The number of rotatable bonds is 7. The summed E-state index contributed by atoms with van der Waals surface area (Å²) in [6.45, 7) is 5.96. The Morgan fingerprint density at radius 3 is 2.24 bits per heavy atom. The molecule has 0 aliphatic carbocycles. The van der Waals surface area contributed by atoms with Gasteiger partial charge in [-0.2, -0.15) is 0 Å². The Hall–Kier alpha value is -2.82. The van der Waals surface area contributed by atoms with Gasteiger partial charge in [-0.1, -0.05) is 29.8 Å². The first-order valence-corrected chi connectivity index (χ1v) is 8.34. The summed E-state index contributed by atoms with van der Waals surface area (Å²) in [5, 5.41) is 5.69. The van der Waals surface area contributed by atoms with Crippen molar-refractivity contribution in [3.63, 3.8) is 0 Å². The van der Waals surface area contributed by atoms with Gasteiger partial charge in [-0.05, 0) is 43.7 Å². The van der Waals surface area contributed by atoms with Crippen molar-refractivity contribution in [3.8, 4) is 5.75 Å². The molecule has 0 spiro atoms. The second-order valence-electron chi connectivity index (χ2n) is 5.87. The predicted octanol–water partition coefficient (Wildman–Crippen LogP) is 3.60. The monoisotopic (exact) mass is 340 g/mol. The van der Waals surface area contributed by atoms with Crippen molar-refractivity contribution in [2.45, 2.75) is 33.2 Å². The number of benzene rings is 2. The van der Waals surface area contributed by atoms with Gasteiger partial charge in [0.15, 0.2) is 0 Å². The van der Waals surface area contributed by atoms with Crippen molar-refractivity contribution in [2.24, 2.45) is 0 Å². The average Bonchev–Trinajstić information content (AvgIpc) is 2.56. The van der Waals surface area contributed by atoms with Crippen LogP contribution >= 0.6 is 0 Å². The molecule has 0 aromatic heterocycles. The van der Waals surface area contributed by atoms with Gasteiger partial charge < -0.3 is 15.4 Å². The van der Waals surface area contributed by atoms with E-state index in [1.165, 1.54) is 6.92 Å². The van der Waals surface area contributed by atoms with Crippen LogP contribution in [0.5, 0.6) is 5.75 Å². The van der Waals surface area contributed by atoms with Crippen LogP contribution in [-0.4, -0.2) is 18.4 Å². The van der Waals surface area contributed by atoms with E-state index in [1.54, 1.807) is 12.1 Å². The smallest absolute Gasteiger partial charge is 0.226 e. The van der Waals surface area contributed by atoms with Crippen LogP contribution < -0.4 is 15.4 Å². The van der Waals surface area contributed by atoms with E-state index in [4.69, 9.17) is 4.74 Å². The highest BCUT2D eigenvalue weighted by Crippen LogP contribution is 2.20. The predicted molar refractivity (Wildman–Crippen MR) is 98.6 cm³/mol. The van der Waals surface area contributed by atoms with Crippen LogP contribution in [0.3, 0.4) is 0 Å². The Labute approximate surface area is 148 Å². The standard InChI is InChI=1S/C20H24N2O3/c1-4-25-18-11-9-17(10-12-18)22-20(24)13-19(21-15(3)23)16-7-5-14(2)6-8-16/h5-12,19H,4,13H2,1-3H3,(H,21,23)(H,22,24). The summed E-state index contributed by atoms with van der Waals surface area (Å²) in [6, 6.07) is 14.6. The van der Waals surface area contributed by atoms with Crippen molar-refractivity contribution in [1.82, 2.24) is 5.32 Å². The molecule has 1 atom stereocenters. The summed E-state index contributed by atoms with van der Waals surface area (Å²) >= 11 is 0. The molecule has 2 aromatic rings. The van der Waals surface area contributed by atoms with Gasteiger partial charge in [0.05, 0.1) is 19.1 Å². The number of nitrogens with one attached hydrogen (secondary N) is 2. The lowest BCUT2D eigenvalue weighted by Crippen LogP contribution is -2.29. The summed E-state index contributed by atoms with van der Waals surface area (Å²) in [5.41, 5.74) is 2.73. The third-order valence-corrected chi connectivity index (χ3v) is 3.70. The zero-order valence-electron chi connectivity index (χ0n) is 14.8. The molecular weight excluding hydrogens is 316 g/mol. The van der Waals surface area contributed by atoms with E-state index in [-0.39, 0.29) is 24.3 Å². The SMILES string of the molecule is CCOc1ccc(NC(=O)CC(NC(C)=O)c2ccc(C)cc2)cc1. The summed E-state index contributed by atoms with van der Waals surface area (Å²) in [4.78, 5) is 23.8. The quantitative estimate of drug-likeness (QED) is 0.809. The molecule has 5 nitrogen and oxygen atoms in total. The third-order valence-electron chi connectivity index (χ3n) is 3.70. The second kappa shape index (κ2) is 8.87. The van der Waals surface area contributed by atoms with Crippen LogP contribution in [0.15, 0.2) is 48.5 Å². The number of carbonyl (C=O) groups is 2. The molecule has 0 aliphatic heterocycles. The number of amides is 2. The molecule has 0 radical (unpaired) electrons. The molecule has 2 rings (SSSR count). The highest BCUT2D eigenvalue weighted by atomic mass is 16.5. The van der Waals surface area contributed by atoms with Crippen molar-refractivity contribution in [2.75, 3.05) is 11.9 Å². The molecule has 0 heterocycles. The molecule has 2 amide bonds. The minimum atomic E-state index is -0.360. The Kier molecular flexibility index (Phi) is 6.57. The van der Waals surface area contributed by atoms with Gasteiger partial charge in [0, 0.05) is 12.6 Å². The van der Waals surface area contributed by atoms with Gasteiger partial charge in [0.25, 0.3) is 0 Å². The summed E-state index contributed by atoms with van der Waals surface area (Å²) in [6.07, 6.45) is 0.163. The largest absolute Gasteiger partial charge is 0.494 e. The van der Waals surface area contributed by atoms with Crippen LogP contribution in [0.1, 0.15) is 37.4 Å². The minimum Gasteiger partial charge on any atom is -0.494 e. The lowest BCUT2D eigenvalue weighted by molar-refractivity contribution is -0.120. The van der Waals surface area contributed by atoms with E-state index in [2.05, 4.69) is 10.6 Å². The molecule has 25 heavy (non-hydrogen) atoms. The Morgan fingerprint density at radius 1 is 1.04 bits per heavy atom. The van der Waals surface area contributed by atoms with Gasteiger partial charge in [-0.3, -0.25) is 9.59 Å². The van der Waals surface area contributed by atoms with Crippen LogP contribution in [0.25, 0.3) is 0 Å². The fraction of sp³-hybridized carbons (Fsp3) is 0.300. The van der Waals surface area contributed by atoms with Crippen LogP contribution in [0, 0.1) is 6.92 Å². The number of ether oxygens (including phenoxy) is 1.